The van der Waals surface area contributed by atoms with Crippen LogP contribution in [0.5, 0.6) is 0 Å². The maximum absolute atomic E-state index is 10.7. The largest absolute Gasteiger partial charge is 0.390 e. The minimum Gasteiger partial charge on any atom is -0.390 e. The Morgan fingerprint density at radius 2 is 2.27 bits per heavy atom. The molecule has 0 heterocycles. The number of likely N-dealkylation sites (N-methyl/N-ethyl adjacent to an activating group) is 2. The van der Waals surface area contributed by atoms with E-state index >= 15 is 0 Å². The van der Waals surface area contributed by atoms with Gasteiger partial charge in [-0.05, 0) is 7.05 Å². The molecule has 0 saturated carbocycles. The molecule has 0 aliphatic rings. The van der Waals surface area contributed by atoms with Crippen molar-refractivity contribution in [1.29, 1.82) is 0 Å². The molecule has 1 atom stereocenters. The van der Waals surface area contributed by atoms with Gasteiger partial charge in [0, 0.05) is 27.1 Å². The van der Waals surface area contributed by atoms with E-state index in [2.05, 4.69) is 5.32 Å². The van der Waals surface area contributed by atoms with Crippen LogP contribution in [0, 0.1) is 0 Å². The molecular weight excluding hydrogens is 144 g/mol. The summed E-state index contributed by atoms with van der Waals surface area (Å²) >= 11 is 0. The molecule has 0 radical (unpaired) electrons. The first kappa shape index (κ1) is 10.4. The molecule has 0 aromatic carbocycles. The van der Waals surface area contributed by atoms with E-state index in [0.29, 0.717) is 13.1 Å². The number of aliphatic hydroxyl groups excluding tert-OH is 1. The molecule has 4 heteroatoms. The van der Waals surface area contributed by atoms with Gasteiger partial charge in [0.15, 0.2) is 0 Å². The van der Waals surface area contributed by atoms with Crippen LogP contribution in [0.25, 0.3) is 0 Å². The number of carbonyl (C=O) groups excluding carboxylic acids is 1. The molecule has 4 nitrogen and oxygen atoms in total. The SMILES string of the molecule is CNCC(O)CN(C)C(C)=O. The lowest BCUT2D eigenvalue weighted by Gasteiger charge is -2.18. The average Bonchev–Trinajstić information content (AvgIpc) is 1.87. The summed E-state index contributed by atoms with van der Waals surface area (Å²) < 4.78 is 0. The number of hydrogen-bond acceptors (Lipinski definition) is 3. The fourth-order valence-electron chi connectivity index (χ4n) is 0.745. The molecule has 0 aromatic heterocycles. The number of hydrogen-bond donors (Lipinski definition) is 2. The number of aliphatic hydroxyl groups is 1. The summed E-state index contributed by atoms with van der Waals surface area (Å²) in [4.78, 5) is 12.2. The third-order valence-corrected chi connectivity index (χ3v) is 1.46. The Hall–Kier alpha value is -0.610. The molecule has 0 bridgehead atoms. The van der Waals surface area contributed by atoms with Gasteiger partial charge in [0.05, 0.1) is 6.10 Å². The van der Waals surface area contributed by atoms with Crippen molar-refractivity contribution in [3.05, 3.63) is 0 Å². The highest BCUT2D eigenvalue weighted by atomic mass is 16.3. The fourth-order valence-corrected chi connectivity index (χ4v) is 0.745. The standard InChI is InChI=1S/C7H16N2O2/c1-6(10)9(3)5-7(11)4-8-2/h7-8,11H,4-5H2,1-3H3. The molecule has 0 aliphatic heterocycles. The summed E-state index contributed by atoms with van der Waals surface area (Å²) in [6.07, 6.45) is -0.478. The van der Waals surface area contributed by atoms with E-state index in [9.17, 15) is 9.90 Å². The van der Waals surface area contributed by atoms with Crippen LogP contribution in [0.4, 0.5) is 0 Å². The molecule has 0 aromatic rings. The van der Waals surface area contributed by atoms with Gasteiger partial charge < -0.3 is 15.3 Å². The van der Waals surface area contributed by atoms with Gasteiger partial charge in [-0.15, -0.1) is 0 Å². The predicted molar refractivity (Wildman–Crippen MR) is 43.2 cm³/mol. The third-order valence-electron chi connectivity index (χ3n) is 1.46. The molecule has 0 fully saturated rings. The second-order valence-electron chi connectivity index (χ2n) is 2.61. The minimum atomic E-state index is -0.478. The molecular formula is C7H16N2O2. The molecule has 0 saturated heterocycles. The van der Waals surface area contributed by atoms with Crippen molar-refractivity contribution >= 4 is 5.91 Å². The average molecular weight is 160 g/mol. The molecule has 66 valence electrons. The molecule has 0 spiro atoms. The first-order valence-electron chi connectivity index (χ1n) is 3.62. The third kappa shape index (κ3) is 4.75. The second kappa shape index (κ2) is 5.09. The summed E-state index contributed by atoms with van der Waals surface area (Å²) in [5.74, 6) is -0.0276. The van der Waals surface area contributed by atoms with Crippen molar-refractivity contribution in [1.82, 2.24) is 10.2 Å². The maximum atomic E-state index is 10.7. The lowest BCUT2D eigenvalue weighted by molar-refractivity contribution is -0.128. The summed E-state index contributed by atoms with van der Waals surface area (Å²) in [7, 11) is 3.43. The van der Waals surface area contributed by atoms with Gasteiger partial charge in [-0.3, -0.25) is 4.79 Å². The molecule has 0 rings (SSSR count). The Labute approximate surface area is 67.2 Å². The molecule has 0 aliphatic carbocycles. The summed E-state index contributed by atoms with van der Waals surface area (Å²) in [6.45, 7) is 2.37. The van der Waals surface area contributed by atoms with Crippen molar-refractivity contribution in [3.63, 3.8) is 0 Å². The first-order chi connectivity index (χ1) is 5.07. The Kier molecular flexibility index (Phi) is 4.81. The smallest absolute Gasteiger partial charge is 0.219 e. The quantitative estimate of drug-likeness (QED) is 0.557. The Balaban J connectivity index is 3.56. The summed E-state index contributed by atoms with van der Waals surface area (Å²) in [5.41, 5.74) is 0. The lowest BCUT2D eigenvalue weighted by Crippen LogP contribution is -2.37. The van der Waals surface area contributed by atoms with E-state index in [1.165, 1.54) is 11.8 Å². The monoisotopic (exact) mass is 160 g/mol. The zero-order chi connectivity index (χ0) is 8.85. The van der Waals surface area contributed by atoms with Crippen molar-refractivity contribution in [3.8, 4) is 0 Å². The molecule has 1 unspecified atom stereocenters. The zero-order valence-electron chi connectivity index (χ0n) is 7.29. The Morgan fingerprint density at radius 1 is 1.73 bits per heavy atom. The first-order valence-corrected chi connectivity index (χ1v) is 3.62. The van der Waals surface area contributed by atoms with Crippen LogP contribution in [0.15, 0.2) is 0 Å². The fraction of sp³-hybridized carbons (Fsp3) is 0.857. The highest BCUT2D eigenvalue weighted by Crippen LogP contribution is 1.87. The van der Waals surface area contributed by atoms with Crippen molar-refractivity contribution in [2.45, 2.75) is 13.0 Å². The van der Waals surface area contributed by atoms with Crippen LogP contribution >= 0.6 is 0 Å². The summed E-state index contributed by atoms with van der Waals surface area (Å²) in [5, 5.41) is 12.0. The maximum Gasteiger partial charge on any atom is 0.219 e. The highest BCUT2D eigenvalue weighted by molar-refractivity contribution is 5.72. The van der Waals surface area contributed by atoms with Crippen LogP contribution in [-0.4, -0.2) is 49.2 Å². The Morgan fingerprint density at radius 3 is 2.64 bits per heavy atom. The van der Waals surface area contributed by atoms with E-state index in [0.717, 1.165) is 0 Å². The molecule has 2 N–H and O–H groups in total. The van der Waals surface area contributed by atoms with Gasteiger partial charge in [0.25, 0.3) is 0 Å². The number of nitrogens with zero attached hydrogens (tertiary/aromatic N) is 1. The van der Waals surface area contributed by atoms with Gasteiger partial charge in [0.2, 0.25) is 5.91 Å². The van der Waals surface area contributed by atoms with Gasteiger partial charge in [-0.1, -0.05) is 0 Å². The number of amides is 1. The van der Waals surface area contributed by atoms with Gasteiger partial charge in [0.1, 0.15) is 0 Å². The van der Waals surface area contributed by atoms with E-state index in [1.807, 2.05) is 0 Å². The predicted octanol–water partition coefficient (Wildman–Crippen LogP) is -0.955. The molecule has 1 amide bonds. The minimum absolute atomic E-state index is 0.0276. The van der Waals surface area contributed by atoms with E-state index in [4.69, 9.17) is 0 Å². The number of nitrogens with one attached hydrogen (secondary N) is 1. The van der Waals surface area contributed by atoms with E-state index in [1.54, 1.807) is 14.1 Å². The Bertz CT molecular complexity index is 128. The number of carbonyl (C=O) groups is 1. The second-order valence-corrected chi connectivity index (χ2v) is 2.61. The van der Waals surface area contributed by atoms with Crippen LogP contribution in [0.2, 0.25) is 0 Å². The topological polar surface area (TPSA) is 52.6 Å². The van der Waals surface area contributed by atoms with E-state index in [-0.39, 0.29) is 5.91 Å². The zero-order valence-corrected chi connectivity index (χ0v) is 7.29. The van der Waals surface area contributed by atoms with E-state index < -0.39 is 6.10 Å². The summed E-state index contributed by atoms with van der Waals surface area (Å²) in [6, 6.07) is 0. The van der Waals surface area contributed by atoms with Gasteiger partial charge in [-0.25, -0.2) is 0 Å². The molecule has 11 heavy (non-hydrogen) atoms. The van der Waals surface area contributed by atoms with Gasteiger partial charge >= 0.3 is 0 Å². The van der Waals surface area contributed by atoms with Gasteiger partial charge in [-0.2, -0.15) is 0 Å². The van der Waals surface area contributed by atoms with Crippen LogP contribution < -0.4 is 5.32 Å². The normalized spacial score (nSPS) is 12.7. The van der Waals surface area contributed by atoms with Crippen LogP contribution in [-0.2, 0) is 4.79 Å². The number of rotatable bonds is 4. The van der Waals surface area contributed by atoms with Crippen molar-refractivity contribution in [2.75, 3.05) is 27.2 Å². The lowest BCUT2D eigenvalue weighted by atomic mass is 10.3. The van der Waals surface area contributed by atoms with Crippen molar-refractivity contribution < 1.29 is 9.90 Å². The van der Waals surface area contributed by atoms with Crippen molar-refractivity contribution in [2.24, 2.45) is 0 Å². The van der Waals surface area contributed by atoms with Crippen LogP contribution in [0.3, 0.4) is 0 Å². The van der Waals surface area contributed by atoms with Crippen LogP contribution in [0.1, 0.15) is 6.92 Å². The highest BCUT2D eigenvalue weighted by Gasteiger charge is 2.08.